The number of nitrogens with one attached hydrogen (secondary N) is 1. The Hall–Kier alpha value is -2.35. The van der Waals surface area contributed by atoms with Gasteiger partial charge in [-0.15, -0.1) is 0 Å². The maximum Gasteiger partial charge on any atom is 0.329 e. The third-order valence-electron chi connectivity index (χ3n) is 3.50. The number of rotatable bonds is 5. The zero-order valence-electron chi connectivity index (χ0n) is 14.3. The highest BCUT2D eigenvalue weighted by atomic mass is 16.5. The summed E-state index contributed by atoms with van der Waals surface area (Å²) < 4.78 is 4.80. The minimum absolute atomic E-state index is 0.0105. The average molecular weight is 316 g/mol. The maximum absolute atomic E-state index is 12.3. The van der Waals surface area contributed by atoms with E-state index in [-0.39, 0.29) is 23.8 Å². The molecule has 0 aromatic heterocycles. The predicted molar refractivity (Wildman–Crippen MR) is 87.8 cm³/mol. The quantitative estimate of drug-likeness (QED) is 0.847. The van der Waals surface area contributed by atoms with Crippen molar-refractivity contribution in [2.75, 3.05) is 6.61 Å². The first kappa shape index (κ1) is 18.7. The molecule has 1 amide bonds. The zero-order chi connectivity index (χ0) is 17.6. The third-order valence-corrected chi connectivity index (χ3v) is 3.50. The lowest BCUT2D eigenvalue weighted by atomic mass is 9.86. The predicted octanol–water partition coefficient (Wildman–Crippen LogP) is 2.81. The second-order valence-corrected chi connectivity index (χ2v) is 6.79. The molecule has 0 unspecified atom stereocenters. The number of benzene rings is 1. The third kappa shape index (κ3) is 5.41. The summed E-state index contributed by atoms with van der Waals surface area (Å²) in [7, 11) is 0. The molecule has 0 fully saturated rings. The van der Waals surface area contributed by atoms with Crippen molar-refractivity contribution in [2.24, 2.45) is 5.92 Å². The van der Waals surface area contributed by atoms with E-state index in [0.29, 0.717) is 5.56 Å². The van der Waals surface area contributed by atoms with Gasteiger partial charge in [0.15, 0.2) is 6.61 Å². The molecular formula is C18H24N2O3. The molecule has 0 saturated heterocycles. The maximum atomic E-state index is 12.3. The van der Waals surface area contributed by atoms with Crippen LogP contribution in [0, 0.1) is 17.2 Å². The summed E-state index contributed by atoms with van der Waals surface area (Å²) in [5.41, 5.74) is 1.62. The summed E-state index contributed by atoms with van der Waals surface area (Å²) >= 11 is 0. The monoisotopic (exact) mass is 316 g/mol. The first-order chi connectivity index (χ1) is 10.7. The van der Waals surface area contributed by atoms with Crippen molar-refractivity contribution in [1.29, 1.82) is 5.26 Å². The van der Waals surface area contributed by atoms with E-state index in [2.05, 4.69) is 26.1 Å². The fourth-order valence-corrected chi connectivity index (χ4v) is 2.04. The molecule has 1 aromatic carbocycles. The Labute approximate surface area is 137 Å². The van der Waals surface area contributed by atoms with E-state index >= 15 is 0 Å². The van der Waals surface area contributed by atoms with E-state index < -0.39 is 12.0 Å². The number of esters is 1. The number of amides is 1. The van der Waals surface area contributed by atoms with Crippen molar-refractivity contribution >= 4 is 11.9 Å². The molecule has 0 aliphatic carbocycles. The van der Waals surface area contributed by atoms with Crippen molar-refractivity contribution in [1.82, 2.24) is 5.32 Å². The van der Waals surface area contributed by atoms with Crippen LogP contribution in [0.1, 0.15) is 50.5 Å². The molecule has 0 saturated carbocycles. The summed E-state index contributed by atoms with van der Waals surface area (Å²) in [4.78, 5) is 24.2. The fourth-order valence-electron chi connectivity index (χ4n) is 2.04. The van der Waals surface area contributed by atoms with Gasteiger partial charge < -0.3 is 10.1 Å². The van der Waals surface area contributed by atoms with E-state index in [1.807, 2.05) is 12.1 Å². The van der Waals surface area contributed by atoms with Gasteiger partial charge in [-0.3, -0.25) is 4.79 Å². The van der Waals surface area contributed by atoms with Gasteiger partial charge in [0.1, 0.15) is 12.1 Å². The van der Waals surface area contributed by atoms with Gasteiger partial charge in [0.25, 0.3) is 5.91 Å². The second-order valence-electron chi connectivity index (χ2n) is 6.79. The Morgan fingerprint density at radius 2 is 1.78 bits per heavy atom. The van der Waals surface area contributed by atoms with Crippen molar-refractivity contribution in [3.05, 3.63) is 35.4 Å². The Balaban J connectivity index is 2.83. The highest BCUT2D eigenvalue weighted by molar-refractivity contribution is 5.96. The molecular weight excluding hydrogens is 292 g/mol. The number of hydrogen-bond acceptors (Lipinski definition) is 4. The van der Waals surface area contributed by atoms with Gasteiger partial charge in [-0.2, -0.15) is 5.26 Å². The zero-order valence-corrected chi connectivity index (χ0v) is 14.3. The molecule has 0 aliphatic heterocycles. The number of hydrogen-bond donors (Lipinski definition) is 1. The minimum Gasteiger partial charge on any atom is -0.449 e. The topological polar surface area (TPSA) is 79.2 Å². The number of carbonyl (C=O) groups is 2. The lowest BCUT2D eigenvalue weighted by Gasteiger charge is -2.21. The van der Waals surface area contributed by atoms with E-state index in [1.54, 1.807) is 32.0 Å². The van der Waals surface area contributed by atoms with E-state index in [0.717, 1.165) is 5.56 Å². The summed E-state index contributed by atoms with van der Waals surface area (Å²) in [5, 5.41) is 11.1. The molecule has 1 atom stereocenters. The van der Waals surface area contributed by atoms with Gasteiger partial charge in [0.2, 0.25) is 0 Å². The van der Waals surface area contributed by atoms with Crippen LogP contribution in [0.5, 0.6) is 0 Å². The molecule has 0 spiro atoms. The number of nitriles is 1. The molecule has 1 N–H and O–H groups in total. The lowest BCUT2D eigenvalue weighted by Crippen LogP contribution is -2.45. The first-order valence-corrected chi connectivity index (χ1v) is 7.61. The highest BCUT2D eigenvalue weighted by Gasteiger charge is 2.26. The van der Waals surface area contributed by atoms with E-state index in [4.69, 9.17) is 10.00 Å². The summed E-state index contributed by atoms with van der Waals surface area (Å²) in [6.45, 7) is 9.59. The molecule has 0 aliphatic rings. The Morgan fingerprint density at radius 3 is 2.22 bits per heavy atom. The van der Waals surface area contributed by atoms with Gasteiger partial charge in [-0.25, -0.2) is 4.79 Å². The number of carbonyl (C=O) groups excluding carboxylic acids is 2. The number of nitrogens with zero attached hydrogens (tertiary/aromatic N) is 1. The molecule has 0 heterocycles. The minimum atomic E-state index is -0.779. The highest BCUT2D eigenvalue weighted by Crippen LogP contribution is 2.22. The molecule has 124 valence electrons. The molecule has 1 rings (SSSR count). The van der Waals surface area contributed by atoms with Gasteiger partial charge in [-0.1, -0.05) is 46.8 Å². The van der Waals surface area contributed by atoms with Crippen molar-refractivity contribution in [3.63, 3.8) is 0 Å². The van der Waals surface area contributed by atoms with Gasteiger partial charge in [0, 0.05) is 5.56 Å². The number of ether oxygens (including phenoxy) is 1. The summed E-state index contributed by atoms with van der Waals surface area (Å²) in [6.07, 6.45) is 0. The van der Waals surface area contributed by atoms with Crippen molar-refractivity contribution in [2.45, 2.75) is 46.1 Å². The van der Waals surface area contributed by atoms with Crippen LogP contribution in [0.25, 0.3) is 0 Å². The van der Waals surface area contributed by atoms with Crippen LogP contribution in [-0.2, 0) is 14.9 Å². The standard InChI is InChI=1S/C18H24N2O3/c1-12(2)15(17(22)23-11-10-19)20-16(21)13-6-8-14(9-7-13)18(3,4)5/h6-9,12,15H,11H2,1-5H3,(H,20,21)/t15-/m0/s1. The van der Waals surface area contributed by atoms with Gasteiger partial charge in [-0.05, 0) is 29.0 Å². The molecule has 1 aromatic rings. The van der Waals surface area contributed by atoms with Crippen molar-refractivity contribution in [3.8, 4) is 6.07 Å². The van der Waals surface area contributed by atoms with Gasteiger partial charge >= 0.3 is 5.97 Å². The van der Waals surface area contributed by atoms with Crippen LogP contribution >= 0.6 is 0 Å². The average Bonchev–Trinajstić information content (AvgIpc) is 2.48. The SMILES string of the molecule is CC(C)[C@H](NC(=O)c1ccc(C(C)(C)C)cc1)C(=O)OCC#N. The van der Waals surface area contributed by atoms with E-state index in [9.17, 15) is 9.59 Å². The smallest absolute Gasteiger partial charge is 0.329 e. The normalized spacial score (nSPS) is 12.4. The van der Waals surface area contributed by atoms with Crippen LogP contribution in [0.4, 0.5) is 0 Å². The van der Waals surface area contributed by atoms with Crippen LogP contribution in [-0.4, -0.2) is 24.5 Å². The van der Waals surface area contributed by atoms with Crippen LogP contribution < -0.4 is 5.32 Å². The molecule has 5 heteroatoms. The fraction of sp³-hybridized carbons (Fsp3) is 0.500. The van der Waals surface area contributed by atoms with Crippen LogP contribution in [0.2, 0.25) is 0 Å². The van der Waals surface area contributed by atoms with Gasteiger partial charge in [0.05, 0.1) is 0 Å². The van der Waals surface area contributed by atoms with E-state index in [1.165, 1.54) is 0 Å². The molecule has 0 radical (unpaired) electrons. The second kappa shape index (κ2) is 7.77. The Morgan fingerprint density at radius 1 is 1.22 bits per heavy atom. The summed E-state index contributed by atoms with van der Waals surface area (Å²) in [6, 6.07) is 8.27. The van der Waals surface area contributed by atoms with Crippen molar-refractivity contribution < 1.29 is 14.3 Å². The molecule has 5 nitrogen and oxygen atoms in total. The summed E-state index contributed by atoms with van der Waals surface area (Å²) in [5.74, 6) is -1.07. The van der Waals surface area contributed by atoms with Crippen LogP contribution in [0.3, 0.4) is 0 Å². The lowest BCUT2D eigenvalue weighted by molar-refractivity contribution is -0.145. The first-order valence-electron chi connectivity index (χ1n) is 7.61. The molecule has 0 bridgehead atoms. The Kier molecular flexibility index (Phi) is 6.32. The largest absolute Gasteiger partial charge is 0.449 e. The molecule has 23 heavy (non-hydrogen) atoms. The van der Waals surface area contributed by atoms with Crippen LogP contribution in [0.15, 0.2) is 24.3 Å². The Bertz CT molecular complexity index is 592.